The molecule has 0 saturated carbocycles. The van der Waals surface area contributed by atoms with E-state index >= 15 is 0 Å². The molecule has 0 bridgehead atoms. The summed E-state index contributed by atoms with van der Waals surface area (Å²) in [5.41, 5.74) is 0. The van der Waals surface area contributed by atoms with Crippen LogP contribution in [0.1, 0.15) is 19.7 Å². The molecular formula is C10H13BrN2O2S. The Balaban J connectivity index is 2.59. The molecule has 0 amide bonds. The van der Waals surface area contributed by atoms with E-state index < -0.39 is 0 Å². The van der Waals surface area contributed by atoms with Crippen molar-refractivity contribution in [2.24, 2.45) is 0 Å². The first-order valence-corrected chi connectivity index (χ1v) is 6.75. The molecule has 0 aliphatic carbocycles. The molecule has 0 atom stereocenters. The van der Waals surface area contributed by atoms with Crippen LogP contribution in [0.5, 0.6) is 0 Å². The summed E-state index contributed by atoms with van der Waals surface area (Å²) >= 11 is 4.67. The fourth-order valence-electron chi connectivity index (χ4n) is 1.01. The molecule has 0 aliphatic heterocycles. The van der Waals surface area contributed by atoms with Crippen LogP contribution in [0.15, 0.2) is 15.7 Å². The number of aryl methyl sites for hydroxylation is 1. The van der Waals surface area contributed by atoms with Crippen LogP contribution in [0.4, 0.5) is 0 Å². The Morgan fingerprint density at radius 3 is 2.88 bits per heavy atom. The van der Waals surface area contributed by atoms with Gasteiger partial charge in [-0.2, -0.15) is 0 Å². The molecule has 1 rings (SSSR count). The Labute approximate surface area is 107 Å². The maximum atomic E-state index is 11.2. The minimum atomic E-state index is -0.222. The topological polar surface area (TPSA) is 52.1 Å². The van der Waals surface area contributed by atoms with Gasteiger partial charge in [-0.25, -0.2) is 9.97 Å². The Morgan fingerprint density at radius 1 is 1.50 bits per heavy atom. The molecule has 6 heteroatoms. The smallest absolute Gasteiger partial charge is 0.316 e. The molecule has 0 fully saturated rings. The first kappa shape index (κ1) is 13.4. The van der Waals surface area contributed by atoms with Crippen molar-refractivity contribution in [3.8, 4) is 0 Å². The second kappa shape index (κ2) is 6.85. The molecule has 0 saturated heterocycles. The summed E-state index contributed by atoms with van der Waals surface area (Å²) in [7, 11) is 0. The molecule has 0 unspecified atom stereocenters. The average molecular weight is 305 g/mol. The number of carbonyl (C=O) groups is 1. The number of carbonyl (C=O) groups excluding carboxylic acids is 1. The number of hydrogen-bond donors (Lipinski definition) is 0. The number of esters is 1. The molecule has 4 nitrogen and oxygen atoms in total. The number of rotatable bonds is 5. The lowest BCUT2D eigenvalue weighted by atomic mass is 10.4. The highest BCUT2D eigenvalue weighted by atomic mass is 79.9. The van der Waals surface area contributed by atoms with Crippen molar-refractivity contribution in [2.45, 2.75) is 25.3 Å². The lowest BCUT2D eigenvalue weighted by Crippen LogP contribution is -2.07. The Bertz CT molecular complexity index is 374. The van der Waals surface area contributed by atoms with E-state index in [4.69, 9.17) is 4.74 Å². The Kier molecular flexibility index (Phi) is 5.76. The van der Waals surface area contributed by atoms with Gasteiger partial charge in [0.1, 0.15) is 15.5 Å². The van der Waals surface area contributed by atoms with Gasteiger partial charge in [-0.15, -0.1) is 0 Å². The van der Waals surface area contributed by atoms with E-state index in [0.29, 0.717) is 6.61 Å². The van der Waals surface area contributed by atoms with Crippen molar-refractivity contribution in [3.05, 3.63) is 16.5 Å². The fourth-order valence-corrected chi connectivity index (χ4v) is 2.30. The number of thioether (sulfide) groups is 1. The van der Waals surface area contributed by atoms with E-state index in [-0.39, 0.29) is 11.7 Å². The highest BCUT2D eigenvalue weighted by Crippen LogP contribution is 2.19. The van der Waals surface area contributed by atoms with Gasteiger partial charge in [-0.1, -0.05) is 18.7 Å². The van der Waals surface area contributed by atoms with E-state index in [1.165, 1.54) is 11.8 Å². The molecule has 0 aromatic carbocycles. The van der Waals surface area contributed by atoms with Crippen LogP contribution in [0.2, 0.25) is 0 Å². The number of ether oxygens (including phenoxy) is 1. The number of nitrogens with zero attached hydrogens (tertiary/aromatic N) is 2. The molecule has 0 radical (unpaired) electrons. The maximum absolute atomic E-state index is 11.2. The van der Waals surface area contributed by atoms with E-state index in [1.54, 1.807) is 13.0 Å². The van der Waals surface area contributed by atoms with Crippen LogP contribution in [0.3, 0.4) is 0 Å². The number of halogens is 1. The van der Waals surface area contributed by atoms with Gasteiger partial charge in [0, 0.05) is 12.5 Å². The van der Waals surface area contributed by atoms with Gasteiger partial charge in [0.25, 0.3) is 0 Å². The summed E-state index contributed by atoms with van der Waals surface area (Å²) in [6.45, 7) is 4.19. The molecule has 0 aliphatic rings. The van der Waals surface area contributed by atoms with Crippen molar-refractivity contribution in [2.75, 3.05) is 12.4 Å². The monoisotopic (exact) mass is 304 g/mol. The molecule has 1 aromatic heterocycles. The zero-order valence-electron chi connectivity index (χ0n) is 9.20. The molecule has 1 aromatic rings. The molecule has 0 spiro atoms. The number of aromatic nitrogens is 2. The van der Waals surface area contributed by atoms with Crippen LogP contribution >= 0.6 is 27.7 Å². The van der Waals surface area contributed by atoms with E-state index in [0.717, 1.165) is 21.9 Å². The van der Waals surface area contributed by atoms with E-state index in [2.05, 4.69) is 25.9 Å². The van der Waals surface area contributed by atoms with Crippen LogP contribution < -0.4 is 0 Å². The van der Waals surface area contributed by atoms with Crippen LogP contribution in [0, 0.1) is 0 Å². The van der Waals surface area contributed by atoms with E-state index in [9.17, 15) is 4.79 Å². The third-order valence-corrected chi connectivity index (χ3v) is 2.97. The minimum absolute atomic E-state index is 0.222. The normalized spacial score (nSPS) is 10.2. The summed E-state index contributed by atoms with van der Waals surface area (Å²) in [6.07, 6.45) is 0.770. The summed E-state index contributed by atoms with van der Waals surface area (Å²) in [4.78, 5) is 19.6. The summed E-state index contributed by atoms with van der Waals surface area (Å²) in [5, 5.41) is 0.784. The third-order valence-electron chi connectivity index (χ3n) is 1.68. The van der Waals surface area contributed by atoms with Gasteiger partial charge in [0.2, 0.25) is 0 Å². The summed E-state index contributed by atoms with van der Waals surface area (Å²) in [5.74, 6) is 0.821. The average Bonchev–Trinajstić information content (AvgIpc) is 2.26. The van der Waals surface area contributed by atoms with Crippen molar-refractivity contribution in [1.29, 1.82) is 0 Å². The van der Waals surface area contributed by atoms with Gasteiger partial charge in [-0.3, -0.25) is 4.79 Å². The first-order chi connectivity index (χ1) is 7.65. The van der Waals surface area contributed by atoms with Crippen LogP contribution in [-0.4, -0.2) is 28.3 Å². The molecule has 1 heterocycles. The first-order valence-electron chi connectivity index (χ1n) is 4.97. The van der Waals surface area contributed by atoms with Gasteiger partial charge >= 0.3 is 5.97 Å². The van der Waals surface area contributed by atoms with Crippen molar-refractivity contribution in [3.63, 3.8) is 0 Å². The Morgan fingerprint density at radius 2 is 2.25 bits per heavy atom. The largest absolute Gasteiger partial charge is 0.465 e. The standard InChI is InChI=1S/C10H13BrN2O2S/c1-3-8-12-7(11)5-9(13-8)16-6-10(14)15-4-2/h5H,3-4,6H2,1-2H3. The fraction of sp³-hybridized carbons (Fsp3) is 0.500. The van der Waals surface area contributed by atoms with Gasteiger partial charge in [0.15, 0.2) is 0 Å². The molecule has 88 valence electrons. The van der Waals surface area contributed by atoms with Crippen molar-refractivity contribution < 1.29 is 9.53 Å². The van der Waals surface area contributed by atoms with Crippen molar-refractivity contribution >= 4 is 33.7 Å². The predicted octanol–water partition coefficient (Wildman–Crippen LogP) is 2.46. The zero-order valence-corrected chi connectivity index (χ0v) is 11.6. The van der Waals surface area contributed by atoms with Gasteiger partial charge < -0.3 is 4.74 Å². The highest BCUT2D eigenvalue weighted by molar-refractivity contribution is 9.10. The SMILES string of the molecule is CCOC(=O)CSc1cc(Br)nc(CC)n1. The Hall–Kier alpha value is -0.620. The molecular weight excluding hydrogens is 292 g/mol. The number of hydrogen-bond acceptors (Lipinski definition) is 5. The van der Waals surface area contributed by atoms with E-state index in [1.807, 2.05) is 6.92 Å². The lowest BCUT2D eigenvalue weighted by molar-refractivity contribution is -0.139. The summed E-state index contributed by atoms with van der Waals surface area (Å²) in [6, 6.07) is 1.79. The quantitative estimate of drug-likeness (QED) is 0.475. The third kappa shape index (κ3) is 4.49. The molecule has 16 heavy (non-hydrogen) atoms. The zero-order chi connectivity index (χ0) is 12.0. The van der Waals surface area contributed by atoms with Gasteiger partial charge in [-0.05, 0) is 22.9 Å². The van der Waals surface area contributed by atoms with Crippen molar-refractivity contribution in [1.82, 2.24) is 9.97 Å². The van der Waals surface area contributed by atoms with Crippen LogP contribution in [-0.2, 0) is 16.0 Å². The second-order valence-corrected chi connectivity index (χ2v) is 4.70. The van der Waals surface area contributed by atoms with Gasteiger partial charge in [0.05, 0.1) is 12.4 Å². The lowest BCUT2D eigenvalue weighted by Gasteiger charge is -2.03. The minimum Gasteiger partial charge on any atom is -0.465 e. The maximum Gasteiger partial charge on any atom is 0.316 e. The second-order valence-electron chi connectivity index (χ2n) is 2.89. The summed E-state index contributed by atoms with van der Waals surface area (Å²) < 4.78 is 5.58. The predicted molar refractivity (Wildman–Crippen MR) is 66.5 cm³/mol. The van der Waals surface area contributed by atoms with Crippen LogP contribution in [0.25, 0.3) is 0 Å². The molecule has 0 N–H and O–H groups in total. The highest BCUT2D eigenvalue weighted by Gasteiger charge is 2.06.